The Bertz CT molecular complexity index is 666. The van der Waals surface area contributed by atoms with Crippen LogP contribution in [0.4, 0.5) is 10.7 Å². The molecule has 9 heteroatoms. The van der Waals surface area contributed by atoms with Crippen LogP contribution < -0.4 is 10.2 Å². The van der Waals surface area contributed by atoms with E-state index in [1.807, 2.05) is 11.8 Å². The van der Waals surface area contributed by atoms with Crippen molar-refractivity contribution in [2.24, 2.45) is 0 Å². The van der Waals surface area contributed by atoms with E-state index in [2.05, 4.69) is 15.3 Å². The van der Waals surface area contributed by atoms with E-state index in [-0.39, 0.29) is 29.6 Å². The molecule has 0 saturated carbocycles. The summed E-state index contributed by atoms with van der Waals surface area (Å²) in [7, 11) is -3.18. The average Bonchev–Trinajstić information content (AvgIpc) is 2.87. The first-order valence-electron chi connectivity index (χ1n) is 7.80. The van der Waals surface area contributed by atoms with E-state index < -0.39 is 9.84 Å². The summed E-state index contributed by atoms with van der Waals surface area (Å²) in [6, 6.07) is 0.895. The highest BCUT2D eigenvalue weighted by atomic mass is 32.2. The van der Waals surface area contributed by atoms with Gasteiger partial charge in [-0.15, -0.1) is 0 Å². The molecule has 126 valence electrons. The molecule has 8 nitrogen and oxygen atoms in total. The number of amides is 2. The third-order valence-electron chi connectivity index (χ3n) is 4.27. The van der Waals surface area contributed by atoms with Gasteiger partial charge in [-0.3, -0.25) is 0 Å². The van der Waals surface area contributed by atoms with Crippen LogP contribution in [0.15, 0.2) is 18.5 Å². The van der Waals surface area contributed by atoms with Crippen molar-refractivity contribution in [2.75, 3.05) is 36.0 Å². The lowest BCUT2D eigenvalue weighted by atomic mass is 10.1. The Morgan fingerprint density at radius 2 is 1.96 bits per heavy atom. The fraction of sp³-hybridized carbons (Fsp3) is 0.643. The van der Waals surface area contributed by atoms with Crippen LogP contribution in [0.3, 0.4) is 0 Å². The van der Waals surface area contributed by atoms with Crippen LogP contribution >= 0.6 is 0 Å². The summed E-state index contributed by atoms with van der Waals surface area (Å²) in [4.78, 5) is 24.4. The summed E-state index contributed by atoms with van der Waals surface area (Å²) >= 11 is 0. The molecule has 2 aliphatic rings. The highest BCUT2D eigenvalue weighted by Crippen LogP contribution is 2.29. The Hall–Kier alpha value is -1.90. The van der Waals surface area contributed by atoms with Gasteiger partial charge in [-0.2, -0.15) is 0 Å². The van der Waals surface area contributed by atoms with E-state index in [4.69, 9.17) is 0 Å². The minimum absolute atomic E-state index is 0.000541. The van der Waals surface area contributed by atoms with Crippen molar-refractivity contribution in [3.05, 3.63) is 18.5 Å². The molecule has 1 aromatic rings. The number of carbonyl (C=O) groups is 1. The first-order valence-corrected chi connectivity index (χ1v) is 9.62. The monoisotopic (exact) mass is 339 g/mol. The molecule has 3 heterocycles. The highest BCUT2D eigenvalue weighted by molar-refractivity contribution is 7.91. The molecule has 2 atom stereocenters. The molecule has 23 heavy (non-hydrogen) atoms. The van der Waals surface area contributed by atoms with Crippen molar-refractivity contribution in [1.82, 2.24) is 20.2 Å². The molecule has 0 radical (unpaired) electrons. The molecule has 2 saturated heterocycles. The molecule has 2 fully saturated rings. The second kappa shape index (κ2) is 6.31. The van der Waals surface area contributed by atoms with Gasteiger partial charge >= 0.3 is 6.03 Å². The lowest BCUT2D eigenvalue weighted by Gasteiger charge is -2.43. The maximum atomic E-state index is 12.3. The maximum Gasteiger partial charge on any atom is 0.317 e. The molecule has 2 amide bonds. The molecular formula is C14H21N5O3S. The molecule has 0 spiro atoms. The normalized spacial score (nSPS) is 26.0. The Morgan fingerprint density at radius 1 is 1.26 bits per heavy atom. The maximum absolute atomic E-state index is 12.3. The number of hydrogen-bond acceptors (Lipinski definition) is 6. The number of hydrogen-bond donors (Lipinski definition) is 1. The molecule has 2 aliphatic heterocycles. The predicted octanol–water partition coefficient (Wildman–Crippen LogP) is -0.116. The Balaban J connectivity index is 1.84. The third kappa shape index (κ3) is 3.24. The van der Waals surface area contributed by atoms with E-state index in [1.165, 1.54) is 0 Å². The number of sulfone groups is 1. The highest BCUT2D eigenvalue weighted by Gasteiger charge is 2.48. The van der Waals surface area contributed by atoms with E-state index in [0.717, 1.165) is 6.42 Å². The van der Waals surface area contributed by atoms with Crippen LogP contribution in [0.25, 0.3) is 0 Å². The van der Waals surface area contributed by atoms with Gasteiger partial charge < -0.3 is 15.1 Å². The lowest BCUT2D eigenvalue weighted by Crippen LogP contribution is -2.62. The van der Waals surface area contributed by atoms with Crippen LogP contribution in [0.5, 0.6) is 0 Å². The summed E-state index contributed by atoms with van der Waals surface area (Å²) in [5.41, 5.74) is 0. The van der Waals surface area contributed by atoms with Gasteiger partial charge in [0.1, 0.15) is 0 Å². The van der Waals surface area contributed by atoms with Gasteiger partial charge in [-0.05, 0) is 12.5 Å². The minimum atomic E-state index is -3.18. The van der Waals surface area contributed by atoms with Crippen molar-refractivity contribution < 1.29 is 13.2 Å². The number of nitrogens with one attached hydrogen (secondary N) is 1. The Labute approximate surface area is 135 Å². The fourth-order valence-corrected chi connectivity index (χ4v) is 5.21. The zero-order chi connectivity index (χ0) is 16.4. The largest absolute Gasteiger partial charge is 0.338 e. The number of piperazine rings is 1. The first kappa shape index (κ1) is 16.0. The quantitative estimate of drug-likeness (QED) is 0.825. The van der Waals surface area contributed by atoms with Crippen molar-refractivity contribution in [3.8, 4) is 0 Å². The van der Waals surface area contributed by atoms with Crippen molar-refractivity contribution in [1.29, 1.82) is 0 Å². The van der Waals surface area contributed by atoms with Gasteiger partial charge in [0.2, 0.25) is 5.95 Å². The predicted molar refractivity (Wildman–Crippen MR) is 86.0 cm³/mol. The number of rotatable bonds is 3. The summed E-state index contributed by atoms with van der Waals surface area (Å²) in [5, 5.41) is 2.84. The van der Waals surface area contributed by atoms with Crippen molar-refractivity contribution in [3.63, 3.8) is 0 Å². The zero-order valence-electron chi connectivity index (χ0n) is 13.1. The minimum Gasteiger partial charge on any atom is -0.338 e. The van der Waals surface area contributed by atoms with E-state index in [0.29, 0.717) is 25.6 Å². The number of carbonyl (C=O) groups excluding carboxylic acids is 1. The summed E-state index contributed by atoms with van der Waals surface area (Å²) < 4.78 is 24.3. The smallest absolute Gasteiger partial charge is 0.317 e. The van der Waals surface area contributed by atoms with E-state index in [1.54, 1.807) is 23.4 Å². The Morgan fingerprint density at radius 3 is 2.65 bits per heavy atom. The molecule has 2 unspecified atom stereocenters. The van der Waals surface area contributed by atoms with Gasteiger partial charge in [0.05, 0.1) is 23.6 Å². The fourth-order valence-electron chi connectivity index (χ4n) is 3.23. The standard InChI is InChI=1S/C14H21N5O3S/c1-2-4-17-14(20)19-8-7-18(13-15-5-3-6-16-13)11-9-23(21,22)10-12(11)19/h3,5-6,11-12H,2,4,7-10H2,1H3,(H,17,20). The van der Waals surface area contributed by atoms with Gasteiger partial charge in [-0.1, -0.05) is 6.92 Å². The number of aromatic nitrogens is 2. The summed E-state index contributed by atoms with van der Waals surface area (Å²) in [6.07, 6.45) is 4.12. The van der Waals surface area contributed by atoms with Crippen LogP contribution in [0, 0.1) is 0 Å². The van der Waals surface area contributed by atoms with Crippen LogP contribution in [0.2, 0.25) is 0 Å². The number of anilines is 1. The molecule has 0 bridgehead atoms. The van der Waals surface area contributed by atoms with Crippen LogP contribution in [-0.4, -0.2) is 72.5 Å². The second-order valence-electron chi connectivity index (χ2n) is 5.88. The number of urea groups is 1. The second-order valence-corrected chi connectivity index (χ2v) is 8.03. The zero-order valence-corrected chi connectivity index (χ0v) is 13.9. The first-order chi connectivity index (χ1) is 11.0. The molecule has 3 rings (SSSR count). The molecule has 0 aliphatic carbocycles. The molecule has 1 N–H and O–H groups in total. The van der Waals surface area contributed by atoms with Gasteiger partial charge in [0.25, 0.3) is 0 Å². The topological polar surface area (TPSA) is 95.5 Å². The van der Waals surface area contributed by atoms with Crippen molar-refractivity contribution >= 4 is 21.8 Å². The van der Waals surface area contributed by atoms with E-state index in [9.17, 15) is 13.2 Å². The van der Waals surface area contributed by atoms with Gasteiger partial charge in [0.15, 0.2) is 9.84 Å². The van der Waals surface area contributed by atoms with Gasteiger partial charge in [-0.25, -0.2) is 23.2 Å². The Kier molecular flexibility index (Phi) is 4.38. The van der Waals surface area contributed by atoms with Crippen LogP contribution in [-0.2, 0) is 9.84 Å². The SMILES string of the molecule is CCCNC(=O)N1CCN(c2ncccn2)C2CS(=O)(=O)CC21. The third-order valence-corrected chi connectivity index (χ3v) is 5.97. The average molecular weight is 339 g/mol. The van der Waals surface area contributed by atoms with Crippen LogP contribution in [0.1, 0.15) is 13.3 Å². The lowest BCUT2D eigenvalue weighted by molar-refractivity contribution is 0.161. The number of fused-ring (bicyclic) bond motifs is 1. The molecule has 0 aromatic carbocycles. The van der Waals surface area contributed by atoms with Crippen molar-refractivity contribution in [2.45, 2.75) is 25.4 Å². The van der Waals surface area contributed by atoms with E-state index >= 15 is 0 Å². The summed E-state index contributed by atoms with van der Waals surface area (Å²) in [6.45, 7) is 3.56. The molecular weight excluding hydrogens is 318 g/mol. The summed E-state index contributed by atoms with van der Waals surface area (Å²) in [5.74, 6) is 0.557. The molecule has 1 aromatic heterocycles. The number of nitrogens with zero attached hydrogens (tertiary/aromatic N) is 4. The van der Waals surface area contributed by atoms with Gasteiger partial charge in [0, 0.05) is 32.0 Å².